The summed E-state index contributed by atoms with van der Waals surface area (Å²) in [6.07, 6.45) is 0.810. The summed E-state index contributed by atoms with van der Waals surface area (Å²) in [6, 6.07) is 2.50. The third-order valence-corrected chi connectivity index (χ3v) is 2.57. The van der Waals surface area contributed by atoms with Gasteiger partial charge in [-0.3, -0.25) is 5.32 Å². The maximum Gasteiger partial charge on any atom is 0.105 e. The molecule has 4 heteroatoms. The minimum atomic E-state index is -0.0660. The fraction of sp³-hybridized carbons (Fsp3) is 0.889. The molecule has 0 radical (unpaired) electrons. The number of nitrogens with one attached hydrogen (secondary N) is 1. The smallest absolute Gasteiger partial charge is 0.105 e. The van der Waals surface area contributed by atoms with Gasteiger partial charge in [0.1, 0.15) is 6.04 Å². The first-order chi connectivity index (χ1) is 6.20. The van der Waals surface area contributed by atoms with Crippen LogP contribution in [0, 0.1) is 11.3 Å². The molecule has 1 atom stereocenters. The van der Waals surface area contributed by atoms with E-state index in [4.69, 9.17) is 10.4 Å². The van der Waals surface area contributed by atoms with Gasteiger partial charge in [0, 0.05) is 18.4 Å². The molecule has 0 rings (SSSR count). The molecule has 0 amide bonds. The zero-order valence-corrected chi connectivity index (χ0v) is 9.10. The molecule has 0 aliphatic heterocycles. The van der Waals surface area contributed by atoms with Gasteiger partial charge in [0.25, 0.3) is 0 Å². The Morgan fingerprint density at radius 2 is 2.23 bits per heavy atom. The maximum atomic E-state index is 8.76. The first kappa shape index (κ1) is 12.8. The molecular weight excluding hydrogens is 184 g/mol. The van der Waals surface area contributed by atoms with Crippen LogP contribution in [0.25, 0.3) is 0 Å². The molecule has 76 valence electrons. The lowest BCUT2D eigenvalue weighted by Gasteiger charge is -2.13. The number of nitriles is 1. The fourth-order valence-corrected chi connectivity index (χ4v) is 1.80. The Kier molecular flexibility index (Phi) is 8.21. The second kappa shape index (κ2) is 8.36. The van der Waals surface area contributed by atoms with E-state index in [1.54, 1.807) is 11.8 Å². The summed E-state index contributed by atoms with van der Waals surface area (Å²) in [6.45, 7) is 4.30. The van der Waals surface area contributed by atoms with Gasteiger partial charge >= 0.3 is 0 Å². The Morgan fingerprint density at radius 1 is 1.54 bits per heavy atom. The molecule has 0 bridgehead atoms. The highest BCUT2D eigenvalue weighted by atomic mass is 32.2. The fourth-order valence-electron chi connectivity index (χ4n) is 0.893. The Bertz CT molecular complexity index is 156. The summed E-state index contributed by atoms with van der Waals surface area (Å²) >= 11 is 1.71. The number of rotatable bonds is 7. The standard InChI is InChI=1S/C9H18N2OS/c1-8(2)11-9(6-10)7-13-5-3-4-12/h8-9,11-12H,3-5,7H2,1-2H3. The van der Waals surface area contributed by atoms with E-state index in [9.17, 15) is 0 Å². The molecular formula is C9H18N2OS. The van der Waals surface area contributed by atoms with Gasteiger partial charge in [-0.15, -0.1) is 0 Å². The summed E-state index contributed by atoms with van der Waals surface area (Å²) in [5.74, 6) is 1.73. The summed E-state index contributed by atoms with van der Waals surface area (Å²) in [7, 11) is 0. The summed E-state index contributed by atoms with van der Waals surface area (Å²) in [5, 5.41) is 20.5. The maximum absolute atomic E-state index is 8.76. The minimum absolute atomic E-state index is 0.0660. The molecule has 13 heavy (non-hydrogen) atoms. The van der Waals surface area contributed by atoms with Crippen molar-refractivity contribution >= 4 is 11.8 Å². The van der Waals surface area contributed by atoms with Crippen molar-refractivity contribution < 1.29 is 5.11 Å². The van der Waals surface area contributed by atoms with Gasteiger partial charge in [-0.05, 0) is 26.0 Å². The Hall–Kier alpha value is -0.240. The van der Waals surface area contributed by atoms with E-state index in [-0.39, 0.29) is 12.6 Å². The number of nitrogens with zero attached hydrogens (tertiary/aromatic N) is 1. The van der Waals surface area contributed by atoms with Gasteiger partial charge in [-0.2, -0.15) is 17.0 Å². The van der Waals surface area contributed by atoms with Crippen LogP contribution in [0.1, 0.15) is 20.3 Å². The summed E-state index contributed by atoms with van der Waals surface area (Å²) in [5.41, 5.74) is 0. The molecule has 0 saturated carbocycles. The topological polar surface area (TPSA) is 56.0 Å². The van der Waals surface area contributed by atoms with E-state index in [2.05, 4.69) is 11.4 Å². The van der Waals surface area contributed by atoms with Gasteiger partial charge in [0.05, 0.1) is 6.07 Å². The quantitative estimate of drug-likeness (QED) is 0.605. The molecule has 0 spiro atoms. The number of thioether (sulfide) groups is 1. The first-order valence-corrected chi connectivity index (χ1v) is 5.70. The van der Waals surface area contributed by atoms with Crippen LogP contribution < -0.4 is 5.32 Å². The van der Waals surface area contributed by atoms with Gasteiger partial charge in [0.15, 0.2) is 0 Å². The van der Waals surface area contributed by atoms with Crippen molar-refractivity contribution in [1.29, 1.82) is 5.26 Å². The first-order valence-electron chi connectivity index (χ1n) is 4.55. The van der Waals surface area contributed by atoms with Crippen LogP contribution in [0.4, 0.5) is 0 Å². The Morgan fingerprint density at radius 3 is 2.69 bits per heavy atom. The Labute approximate surface area is 84.5 Å². The van der Waals surface area contributed by atoms with Crippen molar-refractivity contribution in [1.82, 2.24) is 5.32 Å². The van der Waals surface area contributed by atoms with Crippen molar-refractivity contribution in [2.75, 3.05) is 18.1 Å². The predicted octanol–water partition coefficient (Wildman–Crippen LogP) is 0.992. The zero-order valence-electron chi connectivity index (χ0n) is 8.29. The van der Waals surface area contributed by atoms with Crippen molar-refractivity contribution in [3.63, 3.8) is 0 Å². The summed E-state index contributed by atoms with van der Waals surface area (Å²) < 4.78 is 0. The molecule has 3 nitrogen and oxygen atoms in total. The highest BCUT2D eigenvalue weighted by molar-refractivity contribution is 7.99. The predicted molar refractivity (Wildman–Crippen MR) is 56.7 cm³/mol. The van der Waals surface area contributed by atoms with E-state index < -0.39 is 0 Å². The van der Waals surface area contributed by atoms with Gasteiger partial charge in [-0.1, -0.05) is 0 Å². The third kappa shape index (κ3) is 8.10. The highest BCUT2D eigenvalue weighted by Gasteiger charge is 2.07. The monoisotopic (exact) mass is 202 g/mol. The van der Waals surface area contributed by atoms with Gasteiger partial charge < -0.3 is 5.11 Å². The van der Waals surface area contributed by atoms with E-state index >= 15 is 0 Å². The average Bonchev–Trinajstić information content (AvgIpc) is 2.09. The second-order valence-corrected chi connectivity index (χ2v) is 4.30. The SMILES string of the molecule is CC(C)NC(C#N)CSCCCO. The van der Waals surface area contributed by atoms with Crippen molar-refractivity contribution in [2.45, 2.75) is 32.4 Å². The molecule has 0 heterocycles. The lowest BCUT2D eigenvalue weighted by Crippen LogP contribution is -2.35. The second-order valence-electron chi connectivity index (χ2n) is 3.16. The van der Waals surface area contributed by atoms with Crippen LogP contribution in [0.5, 0.6) is 0 Å². The van der Waals surface area contributed by atoms with Crippen molar-refractivity contribution in [3.8, 4) is 6.07 Å². The van der Waals surface area contributed by atoms with Crippen LogP contribution >= 0.6 is 11.8 Å². The summed E-state index contributed by atoms with van der Waals surface area (Å²) in [4.78, 5) is 0. The molecule has 0 aromatic rings. The van der Waals surface area contributed by atoms with Crippen LogP contribution in [0.2, 0.25) is 0 Å². The molecule has 1 unspecified atom stereocenters. The minimum Gasteiger partial charge on any atom is -0.396 e. The van der Waals surface area contributed by atoms with Crippen molar-refractivity contribution in [3.05, 3.63) is 0 Å². The van der Waals surface area contributed by atoms with Gasteiger partial charge in [0.2, 0.25) is 0 Å². The number of aliphatic hydroxyl groups is 1. The number of aliphatic hydroxyl groups excluding tert-OH is 1. The average molecular weight is 202 g/mol. The number of hydrogen-bond donors (Lipinski definition) is 2. The Balaban J connectivity index is 3.44. The van der Waals surface area contributed by atoms with E-state index in [0.717, 1.165) is 17.9 Å². The normalized spacial score (nSPS) is 12.8. The van der Waals surface area contributed by atoms with Crippen LogP contribution in [-0.2, 0) is 0 Å². The highest BCUT2D eigenvalue weighted by Crippen LogP contribution is 2.04. The molecule has 2 N–H and O–H groups in total. The van der Waals surface area contributed by atoms with E-state index in [0.29, 0.717) is 6.04 Å². The van der Waals surface area contributed by atoms with E-state index in [1.165, 1.54) is 0 Å². The lowest BCUT2D eigenvalue weighted by molar-refractivity contribution is 0.296. The largest absolute Gasteiger partial charge is 0.396 e. The number of hydrogen-bond acceptors (Lipinski definition) is 4. The van der Waals surface area contributed by atoms with Crippen LogP contribution in [-0.4, -0.2) is 35.3 Å². The molecule has 0 aliphatic rings. The lowest BCUT2D eigenvalue weighted by atomic mass is 10.3. The van der Waals surface area contributed by atoms with Crippen molar-refractivity contribution in [2.24, 2.45) is 0 Å². The molecule has 0 fully saturated rings. The molecule has 0 aromatic carbocycles. The molecule has 0 saturated heterocycles. The molecule has 0 aromatic heterocycles. The van der Waals surface area contributed by atoms with Crippen LogP contribution in [0.3, 0.4) is 0 Å². The zero-order chi connectivity index (χ0) is 10.1. The van der Waals surface area contributed by atoms with Crippen LogP contribution in [0.15, 0.2) is 0 Å². The third-order valence-electron chi connectivity index (χ3n) is 1.42. The molecule has 0 aliphatic carbocycles. The van der Waals surface area contributed by atoms with E-state index in [1.807, 2.05) is 13.8 Å². The van der Waals surface area contributed by atoms with Gasteiger partial charge in [-0.25, -0.2) is 0 Å².